The molecule has 3 aromatic rings. The molecule has 0 aliphatic rings. The molecule has 3 heterocycles. The van der Waals surface area contributed by atoms with Crippen molar-refractivity contribution >= 4 is 28.7 Å². The molecule has 0 unspecified atom stereocenters. The number of carbonyl (C=O) groups excluding carboxylic acids is 1. The van der Waals surface area contributed by atoms with Gasteiger partial charge < -0.3 is 9.88 Å². The summed E-state index contributed by atoms with van der Waals surface area (Å²) in [6.45, 7) is 3.57. The fraction of sp³-hybridized carbons (Fsp3) is 0.278. The maximum Gasteiger partial charge on any atom is 0.254 e. The van der Waals surface area contributed by atoms with Gasteiger partial charge >= 0.3 is 0 Å². The standard InChI is InChI=1S/C18H20N4OS/c1-3-22-12-13(14-6-4-9-19-16(14)22)8-11-20-17(23)15-7-5-10-21-18(15)24-2/h4-7,9-10,12H,3,8,11H2,1-2H3,(H,20,23). The van der Waals surface area contributed by atoms with Crippen molar-refractivity contribution in [2.75, 3.05) is 12.8 Å². The first kappa shape index (κ1) is 16.5. The number of hydrogen-bond acceptors (Lipinski definition) is 4. The highest BCUT2D eigenvalue weighted by Crippen LogP contribution is 2.20. The minimum atomic E-state index is -0.0789. The number of aryl methyl sites for hydroxylation is 1. The molecule has 1 amide bonds. The predicted octanol–water partition coefficient (Wildman–Crippen LogP) is 3.15. The Morgan fingerprint density at radius 1 is 1.25 bits per heavy atom. The summed E-state index contributed by atoms with van der Waals surface area (Å²) in [7, 11) is 0. The lowest BCUT2D eigenvalue weighted by Gasteiger charge is -2.07. The molecule has 0 spiro atoms. The van der Waals surface area contributed by atoms with Gasteiger partial charge in [0.2, 0.25) is 0 Å². The Hall–Kier alpha value is -2.34. The van der Waals surface area contributed by atoms with Crippen LogP contribution in [-0.2, 0) is 13.0 Å². The van der Waals surface area contributed by atoms with Crippen molar-refractivity contribution in [1.82, 2.24) is 19.9 Å². The zero-order valence-corrected chi connectivity index (χ0v) is 14.6. The second kappa shape index (κ2) is 7.49. The van der Waals surface area contributed by atoms with Crippen molar-refractivity contribution in [3.05, 3.63) is 54.0 Å². The predicted molar refractivity (Wildman–Crippen MR) is 97.5 cm³/mol. The Bertz CT molecular complexity index is 859. The molecule has 0 aromatic carbocycles. The third-order valence-corrected chi connectivity index (χ3v) is 4.66. The number of nitrogens with one attached hydrogen (secondary N) is 1. The van der Waals surface area contributed by atoms with E-state index in [4.69, 9.17) is 0 Å². The zero-order chi connectivity index (χ0) is 16.9. The van der Waals surface area contributed by atoms with Gasteiger partial charge in [0.05, 0.1) is 5.56 Å². The Labute approximate surface area is 145 Å². The van der Waals surface area contributed by atoms with Gasteiger partial charge in [-0.2, -0.15) is 0 Å². The van der Waals surface area contributed by atoms with Gasteiger partial charge in [-0.1, -0.05) is 0 Å². The summed E-state index contributed by atoms with van der Waals surface area (Å²) < 4.78 is 2.14. The normalized spacial score (nSPS) is 10.9. The number of aromatic nitrogens is 3. The van der Waals surface area contributed by atoms with Crippen LogP contribution in [0, 0.1) is 0 Å². The summed E-state index contributed by atoms with van der Waals surface area (Å²) in [6, 6.07) is 7.62. The average Bonchev–Trinajstić information content (AvgIpc) is 2.99. The van der Waals surface area contributed by atoms with E-state index in [1.165, 1.54) is 17.3 Å². The van der Waals surface area contributed by atoms with Crippen LogP contribution >= 0.6 is 11.8 Å². The van der Waals surface area contributed by atoms with Gasteiger partial charge in [0.25, 0.3) is 5.91 Å². The van der Waals surface area contributed by atoms with Crippen molar-refractivity contribution in [3.63, 3.8) is 0 Å². The number of fused-ring (bicyclic) bond motifs is 1. The highest BCUT2D eigenvalue weighted by molar-refractivity contribution is 7.98. The Balaban J connectivity index is 1.70. The van der Waals surface area contributed by atoms with Crippen LogP contribution in [-0.4, -0.2) is 33.2 Å². The summed E-state index contributed by atoms with van der Waals surface area (Å²) in [4.78, 5) is 21.0. The van der Waals surface area contributed by atoms with Gasteiger partial charge in [0.15, 0.2) is 0 Å². The number of amides is 1. The van der Waals surface area contributed by atoms with Crippen LogP contribution in [0.2, 0.25) is 0 Å². The quantitative estimate of drug-likeness (QED) is 0.700. The Morgan fingerprint density at radius 3 is 2.83 bits per heavy atom. The van der Waals surface area contributed by atoms with Gasteiger partial charge in [0, 0.05) is 37.1 Å². The van der Waals surface area contributed by atoms with E-state index in [0.29, 0.717) is 12.1 Å². The van der Waals surface area contributed by atoms with Crippen LogP contribution in [0.4, 0.5) is 0 Å². The molecule has 0 aliphatic heterocycles. The fourth-order valence-electron chi connectivity index (χ4n) is 2.77. The molecule has 5 nitrogen and oxygen atoms in total. The largest absolute Gasteiger partial charge is 0.352 e. The Morgan fingerprint density at radius 2 is 2.04 bits per heavy atom. The first-order chi connectivity index (χ1) is 11.7. The minimum absolute atomic E-state index is 0.0789. The first-order valence-corrected chi connectivity index (χ1v) is 9.17. The van der Waals surface area contributed by atoms with E-state index in [2.05, 4.69) is 39.0 Å². The third kappa shape index (κ3) is 3.28. The number of hydrogen-bond donors (Lipinski definition) is 1. The molecule has 3 aromatic heterocycles. The van der Waals surface area contributed by atoms with Gasteiger partial charge in [0.1, 0.15) is 10.7 Å². The maximum atomic E-state index is 12.4. The second-order valence-electron chi connectivity index (χ2n) is 5.38. The van der Waals surface area contributed by atoms with E-state index in [-0.39, 0.29) is 5.91 Å². The Kier molecular flexibility index (Phi) is 5.15. The van der Waals surface area contributed by atoms with Crippen molar-refractivity contribution in [2.24, 2.45) is 0 Å². The van der Waals surface area contributed by atoms with Crippen LogP contribution in [0.3, 0.4) is 0 Å². The molecule has 0 saturated carbocycles. The van der Waals surface area contributed by atoms with Crippen LogP contribution in [0.15, 0.2) is 47.9 Å². The van der Waals surface area contributed by atoms with Crippen LogP contribution in [0.1, 0.15) is 22.8 Å². The molecular formula is C18H20N4OS. The van der Waals surface area contributed by atoms with E-state index in [1.807, 2.05) is 18.5 Å². The highest BCUT2D eigenvalue weighted by Gasteiger charge is 2.12. The van der Waals surface area contributed by atoms with Crippen molar-refractivity contribution < 1.29 is 4.79 Å². The average molecular weight is 340 g/mol. The van der Waals surface area contributed by atoms with Gasteiger partial charge in [-0.15, -0.1) is 11.8 Å². The first-order valence-electron chi connectivity index (χ1n) is 7.94. The summed E-state index contributed by atoms with van der Waals surface area (Å²) in [6.07, 6.45) is 8.34. The van der Waals surface area contributed by atoms with E-state index >= 15 is 0 Å². The lowest BCUT2D eigenvalue weighted by molar-refractivity contribution is 0.0950. The van der Waals surface area contributed by atoms with Gasteiger partial charge in [-0.3, -0.25) is 4.79 Å². The van der Waals surface area contributed by atoms with E-state index in [9.17, 15) is 4.79 Å². The molecule has 124 valence electrons. The van der Waals surface area contributed by atoms with E-state index in [1.54, 1.807) is 18.3 Å². The van der Waals surface area contributed by atoms with Crippen molar-refractivity contribution in [2.45, 2.75) is 24.9 Å². The number of pyridine rings is 2. The zero-order valence-electron chi connectivity index (χ0n) is 13.8. The minimum Gasteiger partial charge on any atom is -0.352 e. The number of carbonyl (C=O) groups is 1. The molecule has 6 heteroatoms. The third-order valence-electron chi connectivity index (χ3n) is 3.95. The molecule has 0 aliphatic carbocycles. The van der Waals surface area contributed by atoms with Crippen LogP contribution < -0.4 is 5.32 Å². The summed E-state index contributed by atoms with van der Waals surface area (Å²) >= 11 is 1.48. The molecule has 0 saturated heterocycles. The lowest BCUT2D eigenvalue weighted by Crippen LogP contribution is -2.26. The summed E-state index contributed by atoms with van der Waals surface area (Å²) in [5.74, 6) is -0.0789. The van der Waals surface area contributed by atoms with Crippen LogP contribution in [0.25, 0.3) is 11.0 Å². The molecule has 0 bridgehead atoms. The number of thioether (sulfide) groups is 1. The smallest absolute Gasteiger partial charge is 0.254 e. The number of rotatable bonds is 6. The highest BCUT2D eigenvalue weighted by atomic mass is 32.2. The summed E-state index contributed by atoms with van der Waals surface area (Å²) in [5.41, 5.74) is 2.83. The molecule has 24 heavy (non-hydrogen) atoms. The lowest BCUT2D eigenvalue weighted by atomic mass is 10.1. The molecule has 0 fully saturated rings. The summed E-state index contributed by atoms with van der Waals surface area (Å²) in [5, 5.41) is 4.90. The van der Waals surface area contributed by atoms with E-state index < -0.39 is 0 Å². The maximum absolute atomic E-state index is 12.4. The monoisotopic (exact) mass is 340 g/mol. The number of nitrogens with zero attached hydrogens (tertiary/aromatic N) is 3. The molecule has 3 rings (SSSR count). The molecule has 1 N–H and O–H groups in total. The van der Waals surface area contributed by atoms with Gasteiger partial charge in [-0.25, -0.2) is 9.97 Å². The SMILES string of the molecule is CCn1cc(CCNC(=O)c2cccnc2SC)c2cccnc21. The molecule has 0 atom stereocenters. The van der Waals surface area contributed by atoms with Crippen molar-refractivity contribution in [1.29, 1.82) is 0 Å². The molecule has 0 radical (unpaired) electrons. The fourth-order valence-corrected chi connectivity index (χ4v) is 3.31. The topological polar surface area (TPSA) is 59.8 Å². The van der Waals surface area contributed by atoms with Gasteiger partial charge in [-0.05, 0) is 49.4 Å². The van der Waals surface area contributed by atoms with Crippen LogP contribution in [0.5, 0.6) is 0 Å². The van der Waals surface area contributed by atoms with E-state index in [0.717, 1.165) is 29.0 Å². The molecular weight excluding hydrogens is 320 g/mol. The van der Waals surface area contributed by atoms with Crippen molar-refractivity contribution in [3.8, 4) is 0 Å². The second-order valence-corrected chi connectivity index (χ2v) is 6.18.